The maximum Gasteiger partial charge on any atom is 0.0543 e. The Balaban J connectivity index is 1.21. The molecule has 0 bridgehead atoms. The van der Waals surface area contributed by atoms with Crippen molar-refractivity contribution in [2.45, 2.75) is 24.7 Å². The van der Waals surface area contributed by atoms with Crippen LogP contribution in [-0.2, 0) is 10.8 Å². The molecule has 0 radical (unpaired) electrons. The van der Waals surface area contributed by atoms with Crippen molar-refractivity contribution in [3.8, 4) is 33.4 Å². The van der Waals surface area contributed by atoms with E-state index in [2.05, 4.69) is 219 Å². The lowest BCUT2D eigenvalue weighted by molar-refractivity contribution is 0.713. The molecule has 0 saturated heterocycles. The molecular formula is C52H39N. The molecule has 2 unspecified atom stereocenters. The summed E-state index contributed by atoms with van der Waals surface area (Å²) in [6.45, 7) is 4.78. The van der Waals surface area contributed by atoms with Crippen molar-refractivity contribution in [1.29, 1.82) is 0 Å². The largest absolute Gasteiger partial charge is 0.310 e. The third kappa shape index (κ3) is 4.64. The molecule has 2 atom stereocenters. The Kier molecular flexibility index (Phi) is 7.13. The van der Waals surface area contributed by atoms with Crippen molar-refractivity contribution in [3.63, 3.8) is 0 Å². The summed E-state index contributed by atoms with van der Waals surface area (Å²) < 4.78 is 0. The number of nitrogens with zero attached hydrogens (tertiary/aromatic N) is 1. The topological polar surface area (TPSA) is 3.24 Å². The lowest BCUT2D eigenvalue weighted by Crippen LogP contribution is -2.22. The lowest BCUT2D eigenvalue weighted by Gasteiger charge is -2.31. The Morgan fingerprint density at radius 2 is 0.811 bits per heavy atom. The molecule has 0 fully saturated rings. The second kappa shape index (κ2) is 12.1. The monoisotopic (exact) mass is 677 g/mol. The van der Waals surface area contributed by atoms with Crippen LogP contribution >= 0.6 is 0 Å². The van der Waals surface area contributed by atoms with Crippen LogP contribution in [0.3, 0.4) is 0 Å². The Morgan fingerprint density at radius 1 is 0.340 bits per heavy atom. The van der Waals surface area contributed by atoms with Crippen molar-refractivity contribution < 1.29 is 0 Å². The quantitative estimate of drug-likeness (QED) is 0.169. The minimum atomic E-state index is -0.291. The van der Waals surface area contributed by atoms with Gasteiger partial charge in [0.25, 0.3) is 0 Å². The van der Waals surface area contributed by atoms with Gasteiger partial charge in [-0.15, -0.1) is 0 Å². The molecule has 2 aliphatic carbocycles. The number of rotatable bonds is 6. The fraction of sp³-hybridized carbons (Fsp3) is 0.0769. The molecule has 2 aliphatic rings. The van der Waals surface area contributed by atoms with Gasteiger partial charge >= 0.3 is 0 Å². The van der Waals surface area contributed by atoms with Gasteiger partial charge in [-0.05, 0) is 105 Å². The van der Waals surface area contributed by atoms with Gasteiger partial charge in [-0.3, -0.25) is 0 Å². The van der Waals surface area contributed by atoms with Gasteiger partial charge in [0.15, 0.2) is 0 Å². The highest BCUT2D eigenvalue weighted by atomic mass is 15.1. The molecule has 53 heavy (non-hydrogen) atoms. The molecule has 0 saturated carbocycles. The summed E-state index contributed by atoms with van der Waals surface area (Å²) in [6.07, 6.45) is 0. The first kappa shape index (κ1) is 31.3. The minimum absolute atomic E-state index is 0.252. The summed E-state index contributed by atoms with van der Waals surface area (Å²) in [6, 6.07) is 73.8. The van der Waals surface area contributed by atoms with E-state index in [1.807, 2.05) is 0 Å². The molecular weight excluding hydrogens is 639 g/mol. The van der Waals surface area contributed by atoms with Crippen LogP contribution in [0, 0.1) is 0 Å². The zero-order valence-corrected chi connectivity index (χ0v) is 30.0. The molecule has 0 aromatic heterocycles. The van der Waals surface area contributed by atoms with E-state index >= 15 is 0 Å². The predicted octanol–water partition coefficient (Wildman–Crippen LogP) is 13.5. The van der Waals surface area contributed by atoms with E-state index in [4.69, 9.17) is 0 Å². The molecule has 0 N–H and O–H groups in total. The zero-order chi connectivity index (χ0) is 35.6. The molecule has 0 aliphatic heterocycles. The zero-order valence-electron chi connectivity index (χ0n) is 30.0. The first-order valence-corrected chi connectivity index (χ1v) is 18.6. The molecule has 10 rings (SSSR count). The highest BCUT2D eigenvalue weighted by Crippen LogP contribution is 2.58. The average molecular weight is 678 g/mol. The number of benzene rings is 8. The number of hydrogen-bond acceptors (Lipinski definition) is 1. The second-order valence-corrected chi connectivity index (χ2v) is 14.8. The van der Waals surface area contributed by atoms with Crippen molar-refractivity contribution in [2.24, 2.45) is 0 Å². The van der Waals surface area contributed by atoms with Crippen LogP contribution in [0.15, 0.2) is 200 Å². The fourth-order valence-corrected chi connectivity index (χ4v) is 9.36. The number of hydrogen-bond donors (Lipinski definition) is 0. The molecule has 0 heterocycles. The van der Waals surface area contributed by atoms with E-state index < -0.39 is 0 Å². The van der Waals surface area contributed by atoms with Crippen molar-refractivity contribution >= 4 is 17.1 Å². The van der Waals surface area contributed by atoms with Gasteiger partial charge in [0.1, 0.15) is 0 Å². The van der Waals surface area contributed by atoms with Crippen LogP contribution in [0.5, 0.6) is 0 Å². The van der Waals surface area contributed by atoms with Gasteiger partial charge in [0.2, 0.25) is 0 Å². The van der Waals surface area contributed by atoms with Gasteiger partial charge in [0, 0.05) is 27.8 Å². The van der Waals surface area contributed by atoms with E-state index in [9.17, 15) is 0 Å². The van der Waals surface area contributed by atoms with Gasteiger partial charge in [-0.2, -0.15) is 0 Å². The van der Waals surface area contributed by atoms with E-state index in [1.54, 1.807) is 0 Å². The van der Waals surface area contributed by atoms with Crippen LogP contribution in [0.25, 0.3) is 33.4 Å². The average Bonchev–Trinajstić information content (AvgIpc) is 3.66. The molecule has 8 aromatic rings. The summed E-state index contributed by atoms with van der Waals surface area (Å²) >= 11 is 0. The molecule has 0 spiro atoms. The number of fused-ring (bicyclic) bond motifs is 6. The lowest BCUT2D eigenvalue weighted by atomic mass is 9.74. The Hall–Kier alpha value is -6.44. The first-order chi connectivity index (χ1) is 26.1. The predicted molar refractivity (Wildman–Crippen MR) is 221 cm³/mol. The van der Waals surface area contributed by atoms with Crippen LogP contribution in [-0.4, -0.2) is 0 Å². The van der Waals surface area contributed by atoms with Gasteiger partial charge in [-0.25, -0.2) is 0 Å². The Bertz CT molecular complexity index is 2620. The molecule has 252 valence electrons. The highest BCUT2D eigenvalue weighted by Gasteiger charge is 2.43. The van der Waals surface area contributed by atoms with E-state index in [0.29, 0.717) is 0 Å². The normalized spacial score (nSPS) is 17.8. The van der Waals surface area contributed by atoms with E-state index in [-0.39, 0.29) is 10.8 Å². The Labute approximate surface area is 312 Å². The summed E-state index contributed by atoms with van der Waals surface area (Å²) in [7, 11) is 0. The van der Waals surface area contributed by atoms with Crippen molar-refractivity contribution in [3.05, 3.63) is 234 Å². The minimum Gasteiger partial charge on any atom is -0.310 e. The molecule has 8 aromatic carbocycles. The maximum absolute atomic E-state index is 2.49. The molecule has 1 nitrogen and oxygen atoms in total. The fourth-order valence-electron chi connectivity index (χ4n) is 9.36. The van der Waals surface area contributed by atoms with Crippen molar-refractivity contribution in [2.75, 3.05) is 4.90 Å². The molecule has 0 amide bonds. The van der Waals surface area contributed by atoms with Gasteiger partial charge < -0.3 is 4.90 Å². The summed E-state index contributed by atoms with van der Waals surface area (Å²) in [4.78, 5) is 2.49. The van der Waals surface area contributed by atoms with Gasteiger partial charge in [0.05, 0.1) is 5.69 Å². The van der Waals surface area contributed by atoms with Crippen LogP contribution in [0.2, 0.25) is 0 Å². The van der Waals surface area contributed by atoms with Crippen molar-refractivity contribution in [1.82, 2.24) is 0 Å². The van der Waals surface area contributed by atoms with E-state index in [0.717, 1.165) is 11.4 Å². The summed E-state index contributed by atoms with van der Waals surface area (Å²) in [5, 5.41) is 0. The molecule has 1 heteroatoms. The summed E-state index contributed by atoms with van der Waals surface area (Å²) in [5.41, 5.74) is 18.5. The third-order valence-corrected chi connectivity index (χ3v) is 12.0. The smallest absolute Gasteiger partial charge is 0.0543 e. The maximum atomic E-state index is 2.49. The number of anilines is 3. The first-order valence-electron chi connectivity index (χ1n) is 18.6. The van der Waals surface area contributed by atoms with Gasteiger partial charge in [-0.1, -0.05) is 170 Å². The highest BCUT2D eigenvalue weighted by molar-refractivity contribution is 5.97. The SMILES string of the molecule is CC1(c2ccccc2)c2ccccc2-c2cc(N(c3ccc(-c4ccccc4)cc3)c3cccc4c3-c3ccccc3C4(C)c3ccccc3)ccc21. The van der Waals surface area contributed by atoms with Crippen LogP contribution in [0.4, 0.5) is 17.1 Å². The third-order valence-electron chi connectivity index (χ3n) is 12.0. The standard InChI is InChI=1S/C52H39N/c1-51(38-19-8-4-9-20-38)45-25-14-12-23-42(45)44-35-41(33-34-47(44)51)53(40-31-29-37(30-32-40)36-17-6-3-7-18-36)49-28-16-27-48-50(49)43-24-13-15-26-46(43)52(48,2)39-21-10-5-11-22-39/h3-35H,1-2H3. The second-order valence-electron chi connectivity index (χ2n) is 14.8. The van der Waals surface area contributed by atoms with Crippen LogP contribution in [0.1, 0.15) is 47.2 Å². The Morgan fingerprint density at radius 3 is 1.47 bits per heavy atom. The summed E-state index contributed by atoms with van der Waals surface area (Å²) in [5.74, 6) is 0. The van der Waals surface area contributed by atoms with E-state index in [1.165, 1.54) is 72.4 Å². The van der Waals surface area contributed by atoms with Crippen LogP contribution < -0.4 is 4.90 Å².